The number of nitrogens with two attached hydrogens (primary N) is 1. The third kappa shape index (κ3) is 3.87. The first kappa shape index (κ1) is 22.7. The fraction of sp³-hybridized carbons (Fsp3) is 0.500. The molecule has 3 aliphatic carbocycles. The number of anilines is 1. The van der Waals surface area contributed by atoms with Crippen LogP contribution in [0.2, 0.25) is 0 Å². The highest BCUT2D eigenvalue weighted by molar-refractivity contribution is 6.04. The van der Waals surface area contributed by atoms with E-state index in [0.717, 1.165) is 47.9 Å². The third-order valence-electron chi connectivity index (χ3n) is 8.62. The predicted octanol–water partition coefficient (Wildman–Crippen LogP) is 3.11. The van der Waals surface area contributed by atoms with Crippen molar-refractivity contribution in [2.45, 2.75) is 70.0 Å². The molecule has 0 bridgehead atoms. The van der Waals surface area contributed by atoms with Crippen LogP contribution in [-0.4, -0.2) is 55.1 Å². The minimum Gasteiger partial charge on any atom is -0.394 e. The van der Waals surface area contributed by atoms with Crippen LogP contribution in [0.25, 0.3) is 16.9 Å². The van der Waals surface area contributed by atoms with E-state index < -0.39 is 0 Å². The fourth-order valence-corrected chi connectivity index (χ4v) is 5.91. The SMILES string of the molecule is C[C@@H](C1CC1)N1Cc2cc(-c3ccn4nc(N)c(C(=O)N[C@@H](CO)C5CC5)c4n3)cc(C3CC3)c2C1=O. The van der Waals surface area contributed by atoms with Crippen LogP contribution in [0.15, 0.2) is 24.4 Å². The lowest BCUT2D eigenvalue weighted by atomic mass is 9.95. The highest BCUT2D eigenvalue weighted by Crippen LogP contribution is 2.47. The molecule has 0 spiro atoms. The molecule has 9 heteroatoms. The van der Waals surface area contributed by atoms with E-state index >= 15 is 0 Å². The van der Waals surface area contributed by atoms with Gasteiger partial charge in [-0.25, -0.2) is 9.50 Å². The lowest BCUT2D eigenvalue weighted by Gasteiger charge is -2.24. The Morgan fingerprint density at radius 1 is 1.19 bits per heavy atom. The molecular formula is C28H32N6O3. The highest BCUT2D eigenvalue weighted by Gasteiger charge is 2.41. The summed E-state index contributed by atoms with van der Waals surface area (Å²) in [5, 5.41) is 16.9. The van der Waals surface area contributed by atoms with E-state index in [-0.39, 0.29) is 41.9 Å². The van der Waals surface area contributed by atoms with Crippen molar-refractivity contribution in [2.24, 2.45) is 11.8 Å². The summed E-state index contributed by atoms with van der Waals surface area (Å²) in [5.74, 6) is 1.25. The summed E-state index contributed by atoms with van der Waals surface area (Å²) in [6.45, 7) is 2.71. The number of fused-ring (bicyclic) bond motifs is 2. The average Bonchev–Trinajstić information content (AvgIpc) is 3.74. The van der Waals surface area contributed by atoms with Crippen molar-refractivity contribution in [3.63, 3.8) is 0 Å². The van der Waals surface area contributed by atoms with Gasteiger partial charge in [0.2, 0.25) is 0 Å². The molecule has 3 fully saturated rings. The molecule has 1 aromatic carbocycles. The van der Waals surface area contributed by atoms with Gasteiger partial charge < -0.3 is 21.1 Å². The summed E-state index contributed by atoms with van der Waals surface area (Å²) in [6, 6.07) is 6.06. The molecular weight excluding hydrogens is 468 g/mol. The molecule has 3 heterocycles. The molecule has 2 aromatic heterocycles. The van der Waals surface area contributed by atoms with Gasteiger partial charge in [-0.2, -0.15) is 0 Å². The van der Waals surface area contributed by atoms with Gasteiger partial charge >= 0.3 is 0 Å². The number of rotatable bonds is 8. The molecule has 0 saturated heterocycles. The maximum absolute atomic E-state index is 13.5. The Morgan fingerprint density at radius 2 is 1.95 bits per heavy atom. The van der Waals surface area contributed by atoms with Gasteiger partial charge in [-0.05, 0) is 92.5 Å². The summed E-state index contributed by atoms with van der Waals surface area (Å²) in [5.41, 5.74) is 11.5. The van der Waals surface area contributed by atoms with Crippen LogP contribution in [0.1, 0.15) is 83.2 Å². The first-order valence-electron chi connectivity index (χ1n) is 13.5. The maximum atomic E-state index is 13.5. The summed E-state index contributed by atoms with van der Waals surface area (Å²) >= 11 is 0. The molecule has 3 saturated carbocycles. The minimum absolute atomic E-state index is 0.109. The predicted molar refractivity (Wildman–Crippen MR) is 138 cm³/mol. The number of nitrogens with one attached hydrogen (secondary N) is 1. The zero-order chi connectivity index (χ0) is 25.4. The minimum atomic E-state index is -0.369. The lowest BCUT2D eigenvalue weighted by molar-refractivity contribution is 0.0696. The van der Waals surface area contributed by atoms with Gasteiger partial charge in [0.05, 0.1) is 18.3 Å². The Kier molecular flexibility index (Phi) is 5.08. The number of hydrogen-bond acceptors (Lipinski definition) is 6. The molecule has 37 heavy (non-hydrogen) atoms. The Hall–Kier alpha value is -3.46. The number of nitrogen functional groups attached to an aromatic ring is 1. The molecule has 0 radical (unpaired) electrons. The summed E-state index contributed by atoms with van der Waals surface area (Å²) in [7, 11) is 0. The van der Waals surface area contributed by atoms with E-state index in [0.29, 0.717) is 35.6 Å². The Bertz CT molecular complexity index is 1440. The number of aliphatic hydroxyl groups is 1. The van der Waals surface area contributed by atoms with E-state index in [1.54, 1.807) is 6.20 Å². The van der Waals surface area contributed by atoms with Crippen LogP contribution in [-0.2, 0) is 6.54 Å². The van der Waals surface area contributed by atoms with Crippen LogP contribution in [0.3, 0.4) is 0 Å². The van der Waals surface area contributed by atoms with E-state index in [4.69, 9.17) is 10.7 Å². The van der Waals surface area contributed by atoms with Gasteiger partial charge in [-0.3, -0.25) is 9.59 Å². The molecule has 4 aliphatic rings. The van der Waals surface area contributed by atoms with Gasteiger partial charge in [0.25, 0.3) is 11.8 Å². The molecule has 2 amide bonds. The van der Waals surface area contributed by atoms with Crippen molar-refractivity contribution < 1.29 is 14.7 Å². The van der Waals surface area contributed by atoms with Crippen molar-refractivity contribution in [2.75, 3.05) is 12.3 Å². The second kappa shape index (κ2) is 8.28. The number of aliphatic hydroxyl groups excluding tert-OH is 1. The van der Waals surface area contributed by atoms with Crippen LogP contribution >= 0.6 is 0 Å². The number of benzene rings is 1. The number of nitrogens with zero attached hydrogens (tertiary/aromatic N) is 4. The van der Waals surface area contributed by atoms with Gasteiger partial charge in [-0.1, -0.05) is 0 Å². The molecule has 192 valence electrons. The molecule has 4 N–H and O–H groups in total. The van der Waals surface area contributed by atoms with Gasteiger partial charge in [0, 0.05) is 29.9 Å². The summed E-state index contributed by atoms with van der Waals surface area (Å²) < 4.78 is 1.52. The van der Waals surface area contributed by atoms with Crippen molar-refractivity contribution in [3.8, 4) is 11.3 Å². The first-order valence-corrected chi connectivity index (χ1v) is 13.5. The van der Waals surface area contributed by atoms with Crippen LogP contribution in [0.4, 0.5) is 5.82 Å². The molecule has 2 atom stereocenters. The normalized spacial score (nSPS) is 20.8. The van der Waals surface area contributed by atoms with Gasteiger partial charge in [0.15, 0.2) is 11.5 Å². The average molecular weight is 501 g/mol. The number of aromatic nitrogens is 3. The maximum Gasteiger partial charge on any atom is 0.259 e. The second-order valence-electron chi connectivity index (χ2n) is 11.3. The molecule has 7 rings (SSSR count). The van der Waals surface area contributed by atoms with Gasteiger partial charge in [-0.15, -0.1) is 5.10 Å². The molecule has 3 aromatic rings. The largest absolute Gasteiger partial charge is 0.394 e. The quantitative estimate of drug-likeness (QED) is 0.436. The van der Waals surface area contributed by atoms with Gasteiger partial charge in [0.1, 0.15) is 5.56 Å². The van der Waals surface area contributed by atoms with Crippen LogP contribution < -0.4 is 11.1 Å². The van der Waals surface area contributed by atoms with Crippen molar-refractivity contribution >= 4 is 23.3 Å². The zero-order valence-corrected chi connectivity index (χ0v) is 21.0. The first-order chi connectivity index (χ1) is 17.9. The smallest absolute Gasteiger partial charge is 0.259 e. The second-order valence-corrected chi connectivity index (χ2v) is 11.3. The Labute approximate surface area is 215 Å². The van der Waals surface area contributed by atoms with E-state index in [1.807, 2.05) is 11.0 Å². The molecule has 9 nitrogen and oxygen atoms in total. The van der Waals surface area contributed by atoms with Crippen LogP contribution in [0, 0.1) is 11.8 Å². The van der Waals surface area contributed by atoms with Crippen molar-refractivity contribution in [1.29, 1.82) is 0 Å². The standard InChI is InChI=1S/C28H32N6O3/c1-14(15-2-3-15)33-12-19-10-18(11-20(16-4-5-16)23(19)28(33)37)21-8-9-34-26(30-21)24(25(29)32-34)27(36)31-22(13-35)17-6-7-17/h8-11,14-17,22,35H,2-7,12-13H2,1H3,(H2,29,32)(H,31,36)/t14-,22-/m0/s1. The molecule has 0 unspecified atom stereocenters. The van der Waals surface area contributed by atoms with Crippen LogP contribution in [0.5, 0.6) is 0 Å². The monoisotopic (exact) mass is 500 g/mol. The highest BCUT2D eigenvalue weighted by atomic mass is 16.3. The van der Waals surface area contributed by atoms with Crippen molar-refractivity contribution in [3.05, 3.63) is 46.6 Å². The summed E-state index contributed by atoms with van der Waals surface area (Å²) in [4.78, 5) is 33.5. The topological polar surface area (TPSA) is 126 Å². The third-order valence-corrected chi connectivity index (χ3v) is 8.62. The lowest BCUT2D eigenvalue weighted by Crippen LogP contribution is -2.39. The van der Waals surface area contributed by atoms with Crippen molar-refractivity contribution in [1.82, 2.24) is 24.8 Å². The number of carbonyl (C=O) groups is 2. The fourth-order valence-electron chi connectivity index (χ4n) is 5.91. The number of amides is 2. The zero-order valence-electron chi connectivity index (χ0n) is 21.0. The Morgan fingerprint density at radius 3 is 2.62 bits per heavy atom. The molecule has 1 aliphatic heterocycles. The number of carbonyl (C=O) groups excluding carboxylic acids is 2. The Balaban J connectivity index is 1.26. The van der Waals surface area contributed by atoms with E-state index in [1.165, 1.54) is 17.4 Å². The van der Waals surface area contributed by atoms with E-state index in [9.17, 15) is 14.7 Å². The van der Waals surface area contributed by atoms with E-state index in [2.05, 4.69) is 29.5 Å². The summed E-state index contributed by atoms with van der Waals surface area (Å²) in [6.07, 6.45) is 8.38. The number of hydrogen-bond donors (Lipinski definition) is 3.